The van der Waals surface area contributed by atoms with Crippen molar-refractivity contribution in [3.63, 3.8) is 0 Å². The SMILES string of the molecule is COc1cccc2[nH]c(C(=O)NC3CC(C)N(C(CC(C=O)CCN)C(=O)CO)C3=O)cc12. The van der Waals surface area contributed by atoms with E-state index in [0.717, 1.165) is 17.2 Å². The van der Waals surface area contributed by atoms with Crippen LogP contribution < -0.4 is 15.8 Å². The van der Waals surface area contributed by atoms with Crippen LogP contribution in [0.5, 0.6) is 5.75 Å². The Morgan fingerprint density at radius 3 is 2.82 bits per heavy atom. The maximum absolute atomic E-state index is 13.2. The molecule has 33 heavy (non-hydrogen) atoms. The van der Waals surface area contributed by atoms with Crippen LogP contribution in [0.1, 0.15) is 36.7 Å². The molecule has 1 aromatic carbocycles. The van der Waals surface area contributed by atoms with Crippen LogP contribution in [0.2, 0.25) is 0 Å². The van der Waals surface area contributed by atoms with Gasteiger partial charge in [-0.15, -0.1) is 0 Å². The molecule has 0 spiro atoms. The van der Waals surface area contributed by atoms with Crippen LogP contribution in [0.3, 0.4) is 0 Å². The van der Waals surface area contributed by atoms with Crippen molar-refractivity contribution < 1.29 is 29.0 Å². The summed E-state index contributed by atoms with van der Waals surface area (Å²) in [4.78, 5) is 54.3. The number of nitrogens with two attached hydrogens (primary N) is 1. The zero-order valence-corrected chi connectivity index (χ0v) is 18.7. The van der Waals surface area contributed by atoms with Crippen molar-refractivity contribution in [1.29, 1.82) is 0 Å². The number of aldehydes is 1. The lowest BCUT2D eigenvalue weighted by Crippen LogP contribution is -2.50. The fraction of sp³-hybridized carbons (Fsp3) is 0.478. The highest BCUT2D eigenvalue weighted by Gasteiger charge is 2.44. The summed E-state index contributed by atoms with van der Waals surface area (Å²) >= 11 is 0. The number of benzene rings is 1. The molecule has 1 aliphatic heterocycles. The zero-order valence-electron chi connectivity index (χ0n) is 18.7. The lowest BCUT2D eigenvalue weighted by atomic mass is 9.94. The number of likely N-dealkylation sites (tertiary alicyclic amines) is 1. The van der Waals surface area contributed by atoms with Gasteiger partial charge in [0, 0.05) is 22.9 Å². The molecule has 2 aromatic rings. The number of amides is 2. The topological polar surface area (TPSA) is 155 Å². The second-order valence-electron chi connectivity index (χ2n) is 8.31. The second kappa shape index (κ2) is 10.6. The Labute approximate surface area is 191 Å². The number of nitrogens with zero attached hydrogens (tertiary/aromatic N) is 1. The summed E-state index contributed by atoms with van der Waals surface area (Å²) < 4.78 is 5.32. The number of Topliss-reactive ketones (excluding diaryl/α,β-unsaturated/α-hetero) is 1. The van der Waals surface area contributed by atoms with Gasteiger partial charge in [0.05, 0.1) is 13.2 Å². The largest absolute Gasteiger partial charge is 0.496 e. The smallest absolute Gasteiger partial charge is 0.268 e. The van der Waals surface area contributed by atoms with E-state index in [4.69, 9.17) is 10.5 Å². The number of rotatable bonds is 11. The molecule has 0 saturated carbocycles. The fourth-order valence-electron chi connectivity index (χ4n) is 4.45. The van der Waals surface area contributed by atoms with Crippen LogP contribution in [0, 0.1) is 5.92 Å². The number of aromatic amines is 1. The standard InChI is InChI=1S/C23H30N4O6/c1-13-8-18(23(32)27(13)19(20(30)12-29)9-14(11-28)6-7-24)26-22(31)17-10-15-16(25-17)4-3-5-21(15)33-2/h3-5,10-11,13-14,18-19,25,29H,6-9,12,24H2,1-2H3,(H,26,31). The summed E-state index contributed by atoms with van der Waals surface area (Å²) in [6.45, 7) is 1.29. The summed E-state index contributed by atoms with van der Waals surface area (Å²) in [7, 11) is 1.54. The molecule has 5 N–H and O–H groups in total. The van der Waals surface area contributed by atoms with Crippen molar-refractivity contribution in [1.82, 2.24) is 15.2 Å². The molecule has 0 aliphatic carbocycles. The van der Waals surface area contributed by atoms with Crippen molar-refractivity contribution >= 4 is 34.8 Å². The zero-order chi connectivity index (χ0) is 24.1. The molecule has 2 heterocycles. The molecule has 4 atom stereocenters. The summed E-state index contributed by atoms with van der Waals surface area (Å²) in [5.74, 6) is -1.32. The van der Waals surface area contributed by atoms with Crippen LogP contribution in [-0.4, -0.2) is 77.3 Å². The van der Waals surface area contributed by atoms with Gasteiger partial charge in [-0.1, -0.05) is 6.07 Å². The average molecular weight is 459 g/mol. The van der Waals surface area contributed by atoms with Crippen LogP contribution >= 0.6 is 0 Å². The van der Waals surface area contributed by atoms with Gasteiger partial charge in [-0.25, -0.2) is 0 Å². The summed E-state index contributed by atoms with van der Waals surface area (Å²) in [6.07, 6.45) is 1.48. The number of ketones is 1. The molecule has 0 bridgehead atoms. The van der Waals surface area contributed by atoms with E-state index in [0.29, 0.717) is 18.6 Å². The van der Waals surface area contributed by atoms with E-state index >= 15 is 0 Å². The molecule has 1 aliphatic rings. The van der Waals surface area contributed by atoms with Gasteiger partial charge in [-0.3, -0.25) is 14.4 Å². The first-order valence-corrected chi connectivity index (χ1v) is 10.9. The van der Waals surface area contributed by atoms with Crippen molar-refractivity contribution in [3.05, 3.63) is 30.0 Å². The van der Waals surface area contributed by atoms with Crippen LogP contribution in [-0.2, 0) is 14.4 Å². The molecule has 1 fully saturated rings. The molecule has 10 nitrogen and oxygen atoms in total. The highest BCUT2D eigenvalue weighted by Crippen LogP contribution is 2.28. The van der Waals surface area contributed by atoms with E-state index in [1.54, 1.807) is 32.2 Å². The second-order valence-corrected chi connectivity index (χ2v) is 8.31. The van der Waals surface area contributed by atoms with E-state index in [2.05, 4.69) is 10.3 Å². The predicted octanol–water partition coefficient (Wildman–Crippen LogP) is 0.380. The quantitative estimate of drug-likeness (QED) is 0.355. The molecule has 3 rings (SSSR count). The molecular formula is C23H30N4O6. The normalized spacial score (nSPS) is 20.0. The van der Waals surface area contributed by atoms with Gasteiger partial charge in [0.1, 0.15) is 30.4 Å². The van der Waals surface area contributed by atoms with Crippen molar-refractivity contribution in [2.24, 2.45) is 11.7 Å². The number of hydrogen-bond donors (Lipinski definition) is 4. The van der Waals surface area contributed by atoms with Crippen LogP contribution in [0.15, 0.2) is 24.3 Å². The predicted molar refractivity (Wildman–Crippen MR) is 121 cm³/mol. The van der Waals surface area contributed by atoms with Gasteiger partial charge in [0.25, 0.3) is 5.91 Å². The van der Waals surface area contributed by atoms with E-state index < -0.39 is 42.2 Å². The Bertz CT molecular complexity index is 1040. The molecule has 178 valence electrons. The van der Waals surface area contributed by atoms with E-state index in [1.165, 1.54) is 4.90 Å². The highest BCUT2D eigenvalue weighted by atomic mass is 16.5. The number of aromatic nitrogens is 1. The number of carbonyl (C=O) groups is 4. The Hall–Kier alpha value is -3.24. The Morgan fingerprint density at radius 2 is 2.18 bits per heavy atom. The van der Waals surface area contributed by atoms with Gasteiger partial charge < -0.3 is 35.6 Å². The third kappa shape index (κ3) is 5.07. The van der Waals surface area contributed by atoms with Gasteiger partial charge >= 0.3 is 0 Å². The molecule has 10 heteroatoms. The summed E-state index contributed by atoms with van der Waals surface area (Å²) in [5.41, 5.74) is 6.54. The Kier molecular flexibility index (Phi) is 7.83. The summed E-state index contributed by atoms with van der Waals surface area (Å²) in [6, 6.07) is 4.90. The average Bonchev–Trinajstić information content (AvgIpc) is 3.37. The third-order valence-corrected chi connectivity index (χ3v) is 6.12. The molecule has 4 unspecified atom stereocenters. The number of carbonyl (C=O) groups excluding carboxylic acids is 4. The molecule has 1 saturated heterocycles. The fourth-order valence-corrected chi connectivity index (χ4v) is 4.45. The maximum atomic E-state index is 13.2. The van der Waals surface area contributed by atoms with E-state index in [1.807, 2.05) is 6.07 Å². The number of methoxy groups -OCH3 is 1. The number of hydrogen-bond acceptors (Lipinski definition) is 7. The first kappa shape index (κ1) is 24.4. The van der Waals surface area contributed by atoms with Gasteiger partial charge in [-0.2, -0.15) is 0 Å². The minimum Gasteiger partial charge on any atom is -0.496 e. The minimum atomic E-state index is -0.960. The minimum absolute atomic E-state index is 0.0820. The Balaban J connectivity index is 1.78. The summed E-state index contributed by atoms with van der Waals surface area (Å²) in [5, 5.41) is 12.9. The van der Waals surface area contributed by atoms with Crippen molar-refractivity contribution in [2.75, 3.05) is 20.3 Å². The van der Waals surface area contributed by atoms with Crippen LogP contribution in [0.4, 0.5) is 0 Å². The highest BCUT2D eigenvalue weighted by molar-refractivity contribution is 6.02. The van der Waals surface area contributed by atoms with E-state index in [-0.39, 0.29) is 24.7 Å². The van der Waals surface area contributed by atoms with Crippen LogP contribution in [0.25, 0.3) is 10.9 Å². The Morgan fingerprint density at radius 1 is 1.42 bits per heavy atom. The first-order valence-electron chi connectivity index (χ1n) is 10.9. The molecule has 1 aromatic heterocycles. The van der Waals surface area contributed by atoms with Crippen molar-refractivity contribution in [2.45, 2.75) is 44.3 Å². The number of aliphatic hydroxyl groups is 1. The number of ether oxygens (including phenoxy) is 1. The number of H-pyrrole nitrogens is 1. The molecule has 0 radical (unpaired) electrons. The number of fused-ring (bicyclic) bond motifs is 1. The first-order chi connectivity index (χ1) is 15.8. The lowest BCUT2D eigenvalue weighted by Gasteiger charge is -2.31. The lowest BCUT2D eigenvalue weighted by molar-refractivity contribution is -0.141. The third-order valence-electron chi connectivity index (χ3n) is 6.12. The maximum Gasteiger partial charge on any atom is 0.268 e. The van der Waals surface area contributed by atoms with Gasteiger partial charge in [0.2, 0.25) is 5.91 Å². The van der Waals surface area contributed by atoms with Gasteiger partial charge in [-0.05, 0) is 50.9 Å². The number of aliphatic hydroxyl groups excluding tert-OH is 1. The van der Waals surface area contributed by atoms with Gasteiger partial charge in [0.15, 0.2) is 5.78 Å². The monoisotopic (exact) mass is 458 g/mol. The van der Waals surface area contributed by atoms with E-state index in [9.17, 15) is 24.3 Å². The number of nitrogens with one attached hydrogen (secondary N) is 2. The molecule has 2 amide bonds. The van der Waals surface area contributed by atoms with Crippen molar-refractivity contribution in [3.8, 4) is 5.75 Å². The molecular weight excluding hydrogens is 428 g/mol.